The van der Waals surface area contributed by atoms with Gasteiger partial charge in [-0.25, -0.2) is 0 Å². The molecule has 2 aliphatic heterocycles. The van der Waals surface area contributed by atoms with Crippen molar-refractivity contribution >= 4 is 5.91 Å². The molecule has 0 aromatic rings. The highest BCUT2D eigenvalue weighted by molar-refractivity contribution is 5.83. The molecular weight excluding hydrogens is 266 g/mol. The average Bonchev–Trinajstić information content (AvgIpc) is 2.86. The largest absolute Gasteiger partial charge is 0.383 e. The van der Waals surface area contributed by atoms with Gasteiger partial charge >= 0.3 is 0 Å². The number of rotatable bonds is 5. The third kappa shape index (κ3) is 3.76. The lowest BCUT2D eigenvalue weighted by Crippen LogP contribution is -2.49. The fourth-order valence-electron chi connectivity index (χ4n) is 3.57. The fourth-order valence-corrected chi connectivity index (χ4v) is 3.57. The number of nitrogens with zero attached hydrogens (tertiary/aromatic N) is 2. The van der Waals surface area contributed by atoms with Crippen LogP contribution in [0.1, 0.15) is 26.7 Å². The van der Waals surface area contributed by atoms with E-state index in [1.807, 2.05) is 0 Å². The minimum Gasteiger partial charge on any atom is -0.383 e. The van der Waals surface area contributed by atoms with Crippen molar-refractivity contribution in [1.29, 1.82) is 0 Å². The van der Waals surface area contributed by atoms with Crippen LogP contribution >= 0.6 is 0 Å². The summed E-state index contributed by atoms with van der Waals surface area (Å²) in [6.07, 6.45) is 2.05. The van der Waals surface area contributed by atoms with Crippen LogP contribution in [0.4, 0.5) is 0 Å². The number of methoxy groups -OCH3 is 1. The molecule has 1 atom stereocenters. The number of nitrogens with one attached hydrogen (secondary N) is 1. The Bertz CT molecular complexity index is 340. The van der Waals surface area contributed by atoms with Crippen molar-refractivity contribution in [2.24, 2.45) is 11.3 Å². The number of amides is 1. The Balaban J connectivity index is 1.96. The summed E-state index contributed by atoms with van der Waals surface area (Å²) in [7, 11) is 1.74. The first-order valence-corrected chi connectivity index (χ1v) is 8.31. The van der Waals surface area contributed by atoms with Crippen LogP contribution in [0.5, 0.6) is 0 Å². The quantitative estimate of drug-likeness (QED) is 0.815. The lowest BCUT2D eigenvalue weighted by atomic mass is 9.75. The van der Waals surface area contributed by atoms with E-state index in [0.29, 0.717) is 11.8 Å². The second-order valence-corrected chi connectivity index (χ2v) is 6.72. The van der Waals surface area contributed by atoms with Crippen molar-refractivity contribution < 1.29 is 9.53 Å². The Labute approximate surface area is 129 Å². The van der Waals surface area contributed by atoms with Gasteiger partial charge in [-0.1, -0.05) is 13.8 Å². The normalized spacial score (nSPS) is 28.1. The molecule has 0 saturated carbocycles. The van der Waals surface area contributed by atoms with Crippen LogP contribution in [0.15, 0.2) is 0 Å². The minimum atomic E-state index is -0.179. The lowest BCUT2D eigenvalue weighted by molar-refractivity contribution is -0.143. The van der Waals surface area contributed by atoms with Gasteiger partial charge in [0.05, 0.1) is 12.0 Å². The van der Waals surface area contributed by atoms with Crippen LogP contribution in [-0.2, 0) is 9.53 Å². The van der Waals surface area contributed by atoms with Crippen LogP contribution in [0.2, 0.25) is 0 Å². The summed E-state index contributed by atoms with van der Waals surface area (Å²) in [5, 5.41) is 3.39. The molecule has 2 fully saturated rings. The van der Waals surface area contributed by atoms with Gasteiger partial charge in [0.2, 0.25) is 5.91 Å². The van der Waals surface area contributed by atoms with Gasteiger partial charge in [0.25, 0.3) is 0 Å². The molecule has 1 unspecified atom stereocenters. The number of hydrogen-bond donors (Lipinski definition) is 1. The highest BCUT2D eigenvalue weighted by atomic mass is 16.5. The summed E-state index contributed by atoms with van der Waals surface area (Å²) in [5.74, 6) is 0.768. The molecular formula is C16H31N3O2. The highest BCUT2D eigenvalue weighted by Gasteiger charge is 2.46. The maximum absolute atomic E-state index is 13.1. The van der Waals surface area contributed by atoms with Crippen molar-refractivity contribution in [2.45, 2.75) is 26.7 Å². The van der Waals surface area contributed by atoms with E-state index in [1.54, 1.807) is 7.11 Å². The zero-order valence-electron chi connectivity index (χ0n) is 13.9. The van der Waals surface area contributed by atoms with E-state index in [2.05, 4.69) is 29.0 Å². The van der Waals surface area contributed by atoms with Crippen molar-refractivity contribution in [3.8, 4) is 0 Å². The first-order chi connectivity index (χ1) is 10.1. The van der Waals surface area contributed by atoms with Gasteiger partial charge in [0.1, 0.15) is 0 Å². The zero-order valence-corrected chi connectivity index (χ0v) is 13.9. The van der Waals surface area contributed by atoms with Gasteiger partial charge in [0, 0.05) is 39.8 Å². The number of hydrogen-bond acceptors (Lipinski definition) is 4. The predicted molar refractivity (Wildman–Crippen MR) is 84.3 cm³/mol. The smallest absolute Gasteiger partial charge is 0.230 e. The molecule has 21 heavy (non-hydrogen) atoms. The monoisotopic (exact) mass is 297 g/mol. The summed E-state index contributed by atoms with van der Waals surface area (Å²) >= 11 is 0. The van der Waals surface area contributed by atoms with Gasteiger partial charge in [-0.05, 0) is 31.8 Å². The summed E-state index contributed by atoms with van der Waals surface area (Å²) in [4.78, 5) is 17.6. The molecule has 0 radical (unpaired) electrons. The molecule has 122 valence electrons. The Morgan fingerprint density at radius 1 is 1.29 bits per heavy atom. The maximum atomic E-state index is 13.1. The van der Waals surface area contributed by atoms with E-state index in [9.17, 15) is 4.79 Å². The van der Waals surface area contributed by atoms with Gasteiger partial charge in [0.15, 0.2) is 0 Å². The minimum absolute atomic E-state index is 0.179. The molecule has 5 nitrogen and oxygen atoms in total. The second-order valence-electron chi connectivity index (χ2n) is 6.72. The van der Waals surface area contributed by atoms with Gasteiger partial charge in [-0.2, -0.15) is 0 Å². The van der Waals surface area contributed by atoms with Crippen LogP contribution < -0.4 is 5.32 Å². The van der Waals surface area contributed by atoms with Gasteiger partial charge in [-0.3, -0.25) is 9.69 Å². The summed E-state index contributed by atoms with van der Waals surface area (Å²) < 4.78 is 5.16. The van der Waals surface area contributed by atoms with Crippen molar-refractivity contribution in [3.63, 3.8) is 0 Å². The first kappa shape index (κ1) is 16.7. The fraction of sp³-hybridized carbons (Fsp3) is 0.938. The van der Waals surface area contributed by atoms with Crippen molar-refractivity contribution in [3.05, 3.63) is 0 Å². The molecule has 2 rings (SSSR count). The third-order valence-corrected chi connectivity index (χ3v) is 5.21. The van der Waals surface area contributed by atoms with E-state index >= 15 is 0 Å². The topological polar surface area (TPSA) is 44.8 Å². The zero-order chi connectivity index (χ0) is 15.3. The Hall–Kier alpha value is -0.650. The third-order valence-electron chi connectivity index (χ3n) is 5.21. The number of carbonyl (C=O) groups excluding carboxylic acids is 1. The predicted octanol–water partition coefficient (Wildman–Crippen LogP) is 0.803. The van der Waals surface area contributed by atoms with Crippen LogP contribution in [0.25, 0.3) is 0 Å². The molecule has 5 heteroatoms. The summed E-state index contributed by atoms with van der Waals surface area (Å²) in [6, 6.07) is 0. The molecule has 2 heterocycles. The van der Waals surface area contributed by atoms with E-state index in [0.717, 1.165) is 65.3 Å². The summed E-state index contributed by atoms with van der Waals surface area (Å²) in [5.41, 5.74) is -0.179. The van der Waals surface area contributed by atoms with Crippen LogP contribution in [0, 0.1) is 11.3 Å². The van der Waals surface area contributed by atoms with E-state index in [1.165, 1.54) is 0 Å². The SMILES string of the molecule is COCCN1CCCN(C(=O)C2(C(C)C)CCNC2)CC1. The highest BCUT2D eigenvalue weighted by Crippen LogP contribution is 2.36. The van der Waals surface area contributed by atoms with Crippen LogP contribution in [-0.4, -0.2) is 75.2 Å². The lowest BCUT2D eigenvalue weighted by Gasteiger charge is -2.36. The molecule has 0 bridgehead atoms. The van der Waals surface area contributed by atoms with Crippen LogP contribution in [0.3, 0.4) is 0 Å². The Kier molecular flexibility index (Phi) is 6.02. The van der Waals surface area contributed by atoms with E-state index < -0.39 is 0 Å². The van der Waals surface area contributed by atoms with E-state index in [-0.39, 0.29) is 5.41 Å². The molecule has 0 aromatic carbocycles. The maximum Gasteiger partial charge on any atom is 0.230 e. The average molecular weight is 297 g/mol. The summed E-state index contributed by atoms with van der Waals surface area (Å²) in [6.45, 7) is 11.7. The van der Waals surface area contributed by atoms with Crippen molar-refractivity contribution in [2.75, 3.05) is 59.5 Å². The number of carbonyl (C=O) groups is 1. The second kappa shape index (κ2) is 7.56. The first-order valence-electron chi connectivity index (χ1n) is 8.31. The van der Waals surface area contributed by atoms with Crippen molar-refractivity contribution in [1.82, 2.24) is 15.1 Å². The molecule has 1 amide bonds. The standard InChI is InChI=1S/C16H31N3O2/c1-14(2)16(5-6-17-13-16)15(20)19-8-4-7-18(9-10-19)11-12-21-3/h14,17H,4-13H2,1-3H3. The molecule has 0 spiro atoms. The Morgan fingerprint density at radius 2 is 2.10 bits per heavy atom. The molecule has 0 aliphatic carbocycles. The molecule has 2 saturated heterocycles. The van der Waals surface area contributed by atoms with Gasteiger partial charge < -0.3 is 15.0 Å². The molecule has 1 N–H and O–H groups in total. The Morgan fingerprint density at radius 3 is 2.71 bits per heavy atom. The number of ether oxygens (including phenoxy) is 1. The van der Waals surface area contributed by atoms with Gasteiger partial charge in [-0.15, -0.1) is 0 Å². The molecule has 0 aromatic heterocycles. The van der Waals surface area contributed by atoms with E-state index in [4.69, 9.17) is 4.74 Å². The molecule has 2 aliphatic rings.